The van der Waals surface area contributed by atoms with E-state index in [0.29, 0.717) is 13.0 Å². The maximum Gasteiger partial charge on any atom is 0.259 e. The third-order valence-electron chi connectivity index (χ3n) is 2.45. The molecule has 1 aromatic rings. The molecule has 6 heteroatoms. The zero-order valence-corrected chi connectivity index (χ0v) is 10.5. The van der Waals surface area contributed by atoms with Crippen molar-refractivity contribution in [1.29, 1.82) is 0 Å². The van der Waals surface area contributed by atoms with Crippen molar-refractivity contribution in [2.45, 2.75) is 13.3 Å². The van der Waals surface area contributed by atoms with Gasteiger partial charge in [0.05, 0.1) is 6.54 Å². The summed E-state index contributed by atoms with van der Waals surface area (Å²) in [6.45, 7) is 2.29. The molecule has 0 fully saturated rings. The first kappa shape index (κ1) is 14.0. The largest absolute Gasteiger partial charge is 0.367 e. The normalized spacial score (nSPS) is 9.89. The first-order chi connectivity index (χ1) is 8.60. The second kappa shape index (κ2) is 6.58. The van der Waals surface area contributed by atoms with E-state index in [4.69, 9.17) is 0 Å². The first-order valence-electron chi connectivity index (χ1n) is 5.77. The van der Waals surface area contributed by atoms with Crippen molar-refractivity contribution in [1.82, 2.24) is 15.2 Å². The Bertz CT molecular complexity index is 481. The van der Waals surface area contributed by atoms with Gasteiger partial charge >= 0.3 is 0 Å². The number of pyridine rings is 1. The minimum Gasteiger partial charge on any atom is -0.367 e. The summed E-state index contributed by atoms with van der Waals surface area (Å²) in [7, 11) is 1.51. The van der Waals surface area contributed by atoms with E-state index in [1.807, 2.05) is 6.92 Å². The average molecular weight is 251 g/mol. The highest BCUT2D eigenvalue weighted by molar-refractivity contribution is 5.96. The summed E-state index contributed by atoms with van der Waals surface area (Å²) in [5.41, 5.74) is -0.299. The van der Waals surface area contributed by atoms with Crippen LogP contribution in [0.5, 0.6) is 0 Å². The van der Waals surface area contributed by atoms with Crippen molar-refractivity contribution < 1.29 is 9.59 Å². The Hall–Kier alpha value is -2.11. The van der Waals surface area contributed by atoms with Crippen LogP contribution in [0.3, 0.4) is 0 Å². The third kappa shape index (κ3) is 3.44. The van der Waals surface area contributed by atoms with Crippen LogP contribution in [0.4, 0.5) is 0 Å². The lowest BCUT2D eigenvalue weighted by atomic mass is 10.2. The van der Waals surface area contributed by atoms with Gasteiger partial charge in [0.25, 0.3) is 5.91 Å². The summed E-state index contributed by atoms with van der Waals surface area (Å²) in [5.74, 6) is -0.688. The zero-order chi connectivity index (χ0) is 13.5. The number of nitrogens with zero attached hydrogens (tertiary/aromatic N) is 1. The van der Waals surface area contributed by atoms with E-state index < -0.39 is 5.91 Å². The summed E-state index contributed by atoms with van der Waals surface area (Å²) in [4.78, 5) is 39.1. The van der Waals surface area contributed by atoms with Crippen LogP contribution >= 0.6 is 0 Å². The summed E-state index contributed by atoms with van der Waals surface area (Å²) < 4.78 is 0. The number of hydrogen-bond acceptors (Lipinski definition) is 3. The maximum atomic E-state index is 12.1. The smallest absolute Gasteiger partial charge is 0.259 e. The second-order valence-electron chi connectivity index (χ2n) is 3.82. The molecule has 0 spiro atoms. The molecule has 0 aliphatic carbocycles. The molecule has 2 N–H and O–H groups in total. The maximum absolute atomic E-state index is 12.1. The molecule has 0 aliphatic rings. The van der Waals surface area contributed by atoms with Crippen LogP contribution in [0.15, 0.2) is 23.3 Å². The standard InChI is InChI=1S/C12H17N3O3/c1-3-6-15(8-11(17)13-2)12(18)9-7-14-5-4-10(9)16/h4-5,7H,3,6,8H2,1-2H3,(H,13,17)(H,14,16). The molecule has 0 unspecified atom stereocenters. The highest BCUT2D eigenvalue weighted by atomic mass is 16.2. The van der Waals surface area contributed by atoms with Gasteiger partial charge in [0.1, 0.15) is 5.56 Å². The van der Waals surface area contributed by atoms with Crippen molar-refractivity contribution in [3.05, 3.63) is 34.2 Å². The van der Waals surface area contributed by atoms with Crippen molar-refractivity contribution in [2.24, 2.45) is 0 Å². The average Bonchev–Trinajstić information content (AvgIpc) is 2.38. The van der Waals surface area contributed by atoms with Crippen molar-refractivity contribution in [3.63, 3.8) is 0 Å². The number of amides is 2. The fourth-order valence-electron chi connectivity index (χ4n) is 1.53. The number of aromatic nitrogens is 1. The van der Waals surface area contributed by atoms with Crippen LogP contribution < -0.4 is 10.7 Å². The second-order valence-corrected chi connectivity index (χ2v) is 3.82. The molecule has 2 amide bonds. The number of hydrogen-bond donors (Lipinski definition) is 2. The summed E-state index contributed by atoms with van der Waals surface area (Å²) in [6, 6.07) is 1.29. The van der Waals surface area contributed by atoms with Crippen LogP contribution in [-0.4, -0.2) is 41.8 Å². The van der Waals surface area contributed by atoms with E-state index in [1.165, 1.54) is 30.4 Å². The third-order valence-corrected chi connectivity index (χ3v) is 2.45. The van der Waals surface area contributed by atoms with E-state index >= 15 is 0 Å². The monoisotopic (exact) mass is 251 g/mol. The van der Waals surface area contributed by atoms with Gasteiger partial charge in [-0.1, -0.05) is 6.92 Å². The minimum absolute atomic E-state index is 0.0441. The lowest BCUT2D eigenvalue weighted by Gasteiger charge is -2.20. The van der Waals surface area contributed by atoms with Gasteiger partial charge in [-0.25, -0.2) is 0 Å². The van der Waals surface area contributed by atoms with Crippen LogP contribution in [-0.2, 0) is 4.79 Å². The zero-order valence-electron chi connectivity index (χ0n) is 10.5. The molecule has 0 saturated heterocycles. The predicted octanol–water partition coefficient (Wildman–Crippen LogP) is -0.0269. The Kier molecular flexibility index (Phi) is 5.10. The molecule has 0 bridgehead atoms. The fraction of sp³-hybridized carbons (Fsp3) is 0.417. The van der Waals surface area contributed by atoms with E-state index in [2.05, 4.69) is 10.3 Å². The van der Waals surface area contributed by atoms with Gasteiger partial charge in [-0.05, 0) is 6.42 Å². The van der Waals surface area contributed by atoms with Gasteiger partial charge in [-0.3, -0.25) is 14.4 Å². The summed E-state index contributed by atoms with van der Waals surface area (Å²) in [6.07, 6.45) is 3.53. The molecule has 0 atom stereocenters. The lowest BCUT2D eigenvalue weighted by Crippen LogP contribution is -2.41. The van der Waals surface area contributed by atoms with Crippen LogP contribution in [0.2, 0.25) is 0 Å². The van der Waals surface area contributed by atoms with E-state index in [1.54, 1.807) is 0 Å². The Labute approximate surface area is 105 Å². The number of carbonyl (C=O) groups is 2. The Morgan fingerprint density at radius 2 is 2.17 bits per heavy atom. The SMILES string of the molecule is CCCN(CC(=O)NC)C(=O)c1c[nH]ccc1=O. The van der Waals surface area contributed by atoms with Gasteiger partial charge in [0.15, 0.2) is 5.43 Å². The Balaban J connectivity index is 2.92. The van der Waals surface area contributed by atoms with E-state index in [0.717, 1.165) is 0 Å². The molecule has 0 aliphatic heterocycles. The quantitative estimate of drug-likeness (QED) is 0.771. The molecule has 0 saturated carbocycles. The van der Waals surface area contributed by atoms with Gasteiger partial charge in [0.2, 0.25) is 5.91 Å². The van der Waals surface area contributed by atoms with Crippen molar-refractivity contribution >= 4 is 11.8 Å². The first-order valence-corrected chi connectivity index (χ1v) is 5.77. The van der Waals surface area contributed by atoms with Gasteiger partial charge in [0, 0.05) is 32.1 Å². The number of H-pyrrole nitrogens is 1. The highest BCUT2D eigenvalue weighted by Crippen LogP contribution is 2.00. The number of carbonyl (C=O) groups excluding carboxylic acids is 2. The van der Waals surface area contributed by atoms with Crippen LogP contribution in [0.1, 0.15) is 23.7 Å². The number of likely N-dealkylation sites (N-methyl/N-ethyl adjacent to an activating group) is 1. The molecule has 0 radical (unpaired) electrons. The van der Waals surface area contributed by atoms with Gasteiger partial charge in [-0.15, -0.1) is 0 Å². The van der Waals surface area contributed by atoms with Crippen molar-refractivity contribution in [2.75, 3.05) is 20.1 Å². The van der Waals surface area contributed by atoms with Gasteiger partial charge < -0.3 is 15.2 Å². The molecule has 1 rings (SSSR count). The summed E-state index contributed by atoms with van der Waals surface area (Å²) >= 11 is 0. The molecular weight excluding hydrogens is 234 g/mol. The van der Waals surface area contributed by atoms with E-state index in [-0.39, 0.29) is 23.4 Å². The van der Waals surface area contributed by atoms with Crippen LogP contribution in [0, 0.1) is 0 Å². The van der Waals surface area contributed by atoms with Crippen molar-refractivity contribution in [3.8, 4) is 0 Å². The van der Waals surface area contributed by atoms with E-state index in [9.17, 15) is 14.4 Å². The molecule has 6 nitrogen and oxygen atoms in total. The minimum atomic E-state index is -0.428. The molecule has 0 aromatic carbocycles. The summed E-state index contributed by atoms with van der Waals surface area (Å²) in [5, 5.41) is 2.46. The number of nitrogens with one attached hydrogen (secondary N) is 2. The molecule has 98 valence electrons. The van der Waals surface area contributed by atoms with Crippen LogP contribution in [0.25, 0.3) is 0 Å². The predicted molar refractivity (Wildman–Crippen MR) is 67.3 cm³/mol. The van der Waals surface area contributed by atoms with Gasteiger partial charge in [-0.2, -0.15) is 0 Å². The fourth-order valence-corrected chi connectivity index (χ4v) is 1.53. The Morgan fingerprint density at radius 1 is 1.44 bits per heavy atom. The Morgan fingerprint density at radius 3 is 2.72 bits per heavy atom. The molecule has 1 aromatic heterocycles. The number of aromatic amines is 1. The topological polar surface area (TPSA) is 82.3 Å². The lowest BCUT2D eigenvalue weighted by molar-refractivity contribution is -0.121. The molecule has 1 heterocycles. The highest BCUT2D eigenvalue weighted by Gasteiger charge is 2.19. The number of rotatable bonds is 5. The molecular formula is C12H17N3O3. The molecule has 18 heavy (non-hydrogen) atoms.